The van der Waals surface area contributed by atoms with Gasteiger partial charge in [0.25, 0.3) is 5.91 Å². The Morgan fingerprint density at radius 1 is 1.35 bits per heavy atom. The van der Waals surface area contributed by atoms with Crippen LogP contribution in [0.25, 0.3) is 0 Å². The Morgan fingerprint density at radius 2 is 1.94 bits per heavy atom. The van der Waals surface area contributed by atoms with E-state index in [0.29, 0.717) is 12.1 Å². The molecule has 0 saturated carbocycles. The first kappa shape index (κ1) is 12.6. The van der Waals surface area contributed by atoms with Crippen LogP contribution < -0.4 is 5.32 Å². The Kier molecular flexibility index (Phi) is 3.54. The van der Waals surface area contributed by atoms with Crippen LogP contribution in [-0.2, 0) is 0 Å². The Bertz CT molecular complexity index is 417. The highest BCUT2D eigenvalue weighted by molar-refractivity contribution is 7.12. The van der Waals surface area contributed by atoms with Crippen molar-refractivity contribution in [1.29, 1.82) is 0 Å². The second-order valence-corrected chi connectivity index (χ2v) is 6.47. The number of hydrogen-bond acceptors (Lipinski definition) is 3. The maximum absolute atomic E-state index is 12.4. The first-order valence-electron chi connectivity index (χ1n) is 6.09. The average Bonchev–Trinajstić information content (AvgIpc) is 2.55. The molecule has 0 aromatic carbocycles. The van der Waals surface area contributed by atoms with E-state index in [1.807, 2.05) is 17.9 Å². The summed E-state index contributed by atoms with van der Waals surface area (Å²) in [7, 11) is 0. The van der Waals surface area contributed by atoms with Gasteiger partial charge in [0.15, 0.2) is 0 Å². The zero-order chi connectivity index (χ0) is 12.6. The third kappa shape index (κ3) is 2.69. The van der Waals surface area contributed by atoms with Crippen LogP contribution in [0.3, 0.4) is 0 Å². The lowest BCUT2D eigenvalue weighted by molar-refractivity contribution is 0.0673. The molecule has 0 radical (unpaired) electrons. The monoisotopic (exact) mass is 252 g/mol. The topological polar surface area (TPSA) is 32.3 Å². The summed E-state index contributed by atoms with van der Waals surface area (Å²) < 4.78 is 0. The molecule has 4 heteroatoms. The molecule has 1 aliphatic heterocycles. The zero-order valence-corrected chi connectivity index (χ0v) is 11.7. The molecule has 0 bridgehead atoms. The van der Waals surface area contributed by atoms with Gasteiger partial charge in [0.1, 0.15) is 0 Å². The summed E-state index contributed by atoms with van der Waals surface area (Å²) in [4.78, 5) is 16.7. The lowest BCUT2D eigenvalue weighted by Crippen LogP contribution is -2.55. The van der Waals surface area contributed by atoms with Crippen molar-refractivity contribution >= 4 is 17.2 Å². The van der Waals surface area contributed by atoms with Crippen molar-refractivity contribution in [2.45, 2.75) is 39.8 Å². The number of carbonyl (C=O) groups excluding carboxylic acids is 1. The smallest absolute Gasteiger partial charge is 0.255 e. The van der Waals surface area contributed by atoms with Gasteiger partial charge >= 0.3 is 0 Å². The SMILES string of the molecule is Cc1cc(C(=O)N2CC(C)NC(C)C2)c(C)s1. The van der Waals surface area contributed by atoms with Gasteiger partial charge in [-0.1, -0.05) is 0 Å². The first-order valence-corrected chi connectivity index (χ1v) is 6.91. The van der Waals surface area contributed by atoms with Gasteiger partial charge in [0.2, 0.25) is 0 Å². The van der Waals surface area contributed by atoms with E-state index < -0.39 is 0 Å². The molecule has 1 aromatic rings. The van der Waals surface area contributed by atoms with Gasteiger partial charge in [-0.05, 0) is 33.8 Å². The van der Waals surface area contributed by atoms with Gasteiger partial charge in [-0.25, -0.2) is 0 Å². The Hall–Kier alpha value is -0.870. The maximum Gasteiger partial charge on any atom is 0.255 e. The second-order valence-electron chi connectivity index (χ2n) is 5.01. The lowest BCUT2D eigenvalue weighted by Gasteiger charge is -2.36. The number of nitrogens with one attached hydrogen (secondary N) is 1. The van der Waals surface area contributed by atoms with E-state index >= 15 is 0 Å². The number of rotatable bonds is 1. The molecule has 17 heavy (non-hydrogen) atoms. The van der Waals surface area contributed by atoms with E-state index in [1.54, 1.807) is 11.3 Å². The molecular formula is C13H20N2OS. The first-order chi connectivity index (χ1) is 7.97. The van der Waals surface area contributed by atoms with E-state index in [2.05, 4.69) is 26.1 Å². The predicted molar refractivity (Wildman–Crippen MR) is 71.8 cm³/mol. The molecule has 2 rings (SSSR count). The van der Waals surface area contributed by atoms with Gasteiger partial charge in [-0.15, -0.1) is 11.3 Å². The van der Waals surface area contributed by atoms with Crippen molar-refractivity contribution in [3.8, 4) is 0 Å². The van der Waals surface area contributed by atoms with Crippen molar-refractivity contribution in [1.82, 2.24) is 10.2 Å². The second kappa shape index (κ2) is 4.78. The molecule has 0 spiro atoms. The molecular weight excluding hydrogens is 232 g/mol. The Labute approximate surface area is 107 Å². The summed E-state index contributed by atoms with van der Waals surface area (Å²) in [6.07, 6.45) is 0. The molecule has 1 fully saturated rings. The van der Waals surface area contributed by atoms with Crippen LogP contribution in [0, 0.1) is 13.8 Å². The van der Waals surface area contributed by atoms with E-state index in [1.165, 1.54) is 4.88 Å². The quantitative estimate of drug-likeness (QED) is 0.831. The highest BCUT2D eigenvalue weighted by atomic mass is 32.1. The van der Waals surface area contributed by atoms with Crippen LogP contribution in [-0.4, -0.2) is 36.0 Å². The molecule has 3 nitrogen and oxygen atoms in total. The number of piperazine rings is 1. The number of carbonyl (C=O) groups is 1. The maximum atomic E-state index is 12.4. The number of amides is 1. The normalized spacial score (nSPS) is 25.1. The molecule has 2 atom stereocenters. The number of nitrogens with zero attached hydrogens (tertiary/aromatic N) is 1. The predicted octanol–water partition coefficient (Wildman–Crippen LogP) is 2.19. The number of hydrogen-bond donors (Lipinski definition) is 1. The van der Waals surface area contributed by atoms with Gasteiger partial charge < -0.3 is 10.2 Å². The van der Waals surface area contributed by atoms with Gasteiger partial charge in [-0.2, -0.15) is 0 Å². The van der Waals surface area contributed by atoms with Crippen molar-refractivity contribution in [2.24, 2.45) is 0 Å². The van der Waals surface area contributed by atoms with E-state index in [-0.39, 0.29) is 5.91 Å². The molecule has 2 heterocycles. The van der Waals surface area contributed by atoms with Crippen LogP contribution in [0.4, 0.5) is 0 Å². The summed E-state index contributed by atoms with van der Waals surface area (Å²) in [5, 5.41) is 3.44. The fourth-order valence-electron chi connectivity index (χ4n) is 2.51. The fourth-order valence-corrected chi connectivity index (χ4v) is 3.42. The molecule has 1 saturated heterocycles. The summed E-state index contributed by atoms with van der Waals surface area (Å²) in [5.74, 6) is 0.187. The molecule has 1 aromatic heterocycles. The van der Waals surface area contributed by atoms with Crippen molar-refractivity contribution in [3.63, 3.8) is 0 Å². The van der Waals surface area contributed by atoms with Crippen LogP contribution in [0.2, 0.25) is 0 Å². The van der Waals surface area contributed by atoms with Crippen molar-refractivity contribution < 1.29 is 4.79 Å². The van der Waals surface area contributed by atoms with E-state index in [4.69, 9.17) is 0 Å². The van der Waals surface area contributed by atoms with Gasteiger partial charge in [0.05, 0.1) is 5.56 Å². The highest BCUT2D eigenvalue weighted by Gasteiger charge is 2.26. The van der Waals surface area contributed by atoms with E-state index in [0.717, 1.165) is 23.5 Å². The van der Waals surface area contributed by atoms with Gasteiger partial charge in [-0.3, -0.25) is 4.79 Å². The molecule has 1 amide bonds. The minimum atomic E-state index is 0.187. The average molecular weight is 252 g/mol. The largest absolute Gasteiger partial charge is 0.336 e. The zero-order valence-electron chi connectivity index (χ0n) is 10.9. The fraction of sp³-hybridized carbons (Fsp3) is 0.615. The Morgan fingerprint density at radius 3 is 2.41 bits per heavy atom. The van der Waals surface area contributed by atoms with Crippen LogP contribution in [0.1, 0.15) is 34.0 Å². The summed E-state index contributed by atoms with van der Waals surface area (Å²) in [6, 6.07) is 2.77. The summed E-state index contributed by atoms with van der Waals surface area (Å²) in [5.41, 5.74) is 0.883. The molecule has 1 aliphatic rings. The summed E-state index contributed by atoms with van der Waals surface area (Å²) >= 11 is 1.70. The molecule has 94 valence electrons. The minimum absolute atomic E-state index is 0.187. The van der Waals surface area contributed by atoms with Gasteiger partial charge in [0, 0.05) is 34.9 Å². The van der Waals surface area contributed by atoms with Crippen LogP contribution in [0.5, 0.6) is 0 Å². The number of thiophene rings is 1. The lowest BCUT2D eigenvalue weighted by atomic mass is 10.1. The summed E-state index contributed by atoms with van der Waals surface area (Å²) in [6.45, 7) is 9.94. The highest BCUT2D eigenvalue weighted by Crippen LogP contribution is 2.22. The minimum Gasteiger partial charge on any atom is -0.336 e. The Balaban J connectivity index is 2.17. The third-order valence-corrected chi connectivity index (χ3v) is 4.08. The van der Waals surface area contributed by atoms with Crippen LogP contribution in [0.15, 0.2) is 6.07 Å². The van der Waals surface area contributed by atoms with Crippen LogP contribution >= 0.6 is 11.3 Å². The standard InChI is InChI=1S/C13H20N2OS/c1-8-6-15(7-9(2)14-8)13(16)12-5-10(3)17-11(12)4/h5,8-9,14H,6-7H2,1-4H3. The van der Waals surface area contributed by atoms with Crippen molar-refractivity contribution in [3.05, 3.63) is 21.4 Å². The third-order valence-electron chi connectivity index (χ3n) is 3.12. The molecule has 1 N–H and O–H groups in total. The van der Waals surface area contributed by atoms with E-state index in [9.17, 15) is 4.79 Å². The molecule has 0 aliphatic carbocycles. The molecule has 2 unspecified atom stereocenters. The number of aryl methyl sites for hydroxylation is 2. The van der Waals surface area contributed by atoms with Crippen molar-refractivity contribution in [2.75, 3.05) is 13.1 Å².